The zero-order valence-electron chi connectivity index (χ0n) is 5.95. The minimum atomic E-state index is -0.423. The number of hydrogen-bond donors (Lipinski definition) is 0. The molecule has 0 aromatic rings. The fourth-order valence-corrected chi connectivity index (χ4v) is 0.335. The molecule has 0 bridgehead atoms. The lowest BCUT2D eigenvalue weighted by molar-refractivity contribution is 0.849. The van der Waals surface area contributed by atoms with Crippen molar-refractivity contribution >= 4 is 8.80 Å². The molecule has 0 aliphatic heterocycles. The van der Waals surface area contributed by atoms with Crippen LogP contribution in [-0.4, -0.2) is 8.80 Å². The van der Waals surface area contributed by atoms with E-state index in [-0.39, 0.29) is 5.04 Å². The van der Waals surface area contributed by atoms with Crippen LogP contribution in [0, 0.1) is 11.3 Å². The van der Waals surface area contributed by atoms with Crippen molar-refractivity contribution in [1.82, 2.24) is 0 Å². The van der Waals surface area contributed by atoms with Crippen LogP contribution in [0.3, 0.4) is 0 Å². The van der Waals surface area contributed by atoms with Gasteiger partial charge < -0.3 is 0 Å². The third-order valence-electron chi connectivity index (χ3n) is 1.53. The van der Waals surface area contributed by atoms with Gasteiger partial charge in [-0.3, -0.25) is 0 Å². The van der Waals surface area contributed by atoms with Crippen LogP contribution in [0.4, 0.5) is 0 Å². The van der Waals surface area contributed by atoms with E-state index in [9.17, 15) is 0 Å². The Kier molecular flexibility index (Phi) is 2.23. The summed E-state index contributed by atoms with van der Waals surface area (Å²) in [6.07, 6.45) is 0. The number of rotatable bonds is 1. The molecule has 2 heteroatoms. The average Bonchev–Trinajstić information content (AvgIpc) is 1.67. The average molecular weight is 126 g/mol. The molecule has 45 valence electrons. The van der Waals surface area contributed by atoms with Crippen LogP contribution in [0.15, 0.2) is 0 Å². The lowest BCUT2D eigenvalue weighted by Crippen LogP contribution is -2.18. The minimum Gasteiger partial charge on any atom is -0.198 e. The Balaban J connectivity index is 3.97. The summed E-state index contributed by atoms with van der Waals surface area (Å²) in [5, 5.41) is 8.49. The van der Waals surface area contributed by atoms with Crippen molar-refractivity contribution in [2.75, 3.05) is 0 Å². The topological polar surface area (TPSA) is 23.8 Å². The van der Waals surface area contributed by atoms with Crippen LogP contribution in [0.5, 0.6) is 0 Å². The van der Waals surface area contributed by atoms with Gasteiger partial charge in [0, 0.05) is 5.04 Å². The van der Waals surface area contributed by atoms with Gasteiger partial charge in [0.15, 0.2) is 0 Å². The van der Waals surface area contributed by atoms with Crippen molar-refractivity contribution in [3.8, 4) is 6.07 Å². The summed E-state index contributed by atoms with van der Waals surface area (Å²) < 4.78 is 0. The lowest BCUT2D eigenvalue weighted by Gasteiger charge is -2.17. The van der Waals surface area contributed by atoms with Gasteiger partial charge >= 0.3 is 0 Å². The second-order valence-electron chi connectivity index (χ2n) is 2.74. The summed E-state index contributed by atoms with van der Waals surface area (Å²) in [4.78, 5) is 0. The first-order valence-corrected chi connectivity index (χ1v) is 5.22. The fourth-order valence-electron chi connectivity index (χ4n) is 0.112. The second-order valence-corrected chi connectivity index (χ2v) is 5.99. The van der Waals surface area contributed by atoms with E-state index in [1.165, 1.54) is 0 Å². The summed E-state index contributed by atoms with van der Waals surface area (Å²) in [6.45, 7) is 8.32. The van der Waals surface area contributed by atoms with Crippen molar-refractivity contribution in [3.63, 3.8) is 0 Å². The highest BCUT2D eigenvalue weighted by atomic mass is 28.3. The molecular formula is C6H12NSi. The van der Waals surface area contributed by atoms with Gasteiger partial charge in [-0.15, -0.1) is 0 Å². The first kappa shape index (κ1) is 7.71. The lowest BCUT2D eigenvalue weighted by atomic mass is 10.2. The highest BCUT2D eigenvalue weighted by Gasteiger charge is 2.22. The molecule has 1 radical (unpaired) electrons. The van der Waals surface area contributed by atoms with Crippen LogP contribution in [0.25, 0.3) is 0 Å². The van der Waals surface area contributed by atoms with Gasteiger partial charge in [0.2, 0.25) is 0 Å². The van der Waals surface area contributed by atoms with E-state index in [0.29, 0.717) is 0 Å². The SMILES string of the molecule is C[Si](C)C(C)(C)C#N. The molecule has 1 nitrogen and oxygen atoms in total. The third kappa shape index (κ3) is 1.67. The number of hydrogen-bond acceptors (Lipinski definition) is 1. The Morgan fingerprint density at radius 2 is 1.75 bits per heavy atom. The van der Waals surface area contributed by atoms with Crippen molar-refractivity contribution in [2.45, 2.75) is 32.0 Å². The smallest absolute Gasteiger partial charge is 0.0660 e. The summed E-state index contributed by atoms with van der Waals surface area (Å²) in [6, 6.07) is 2.29. The summed E-state index contributed by atoms with van der Waals surface area (Å²) in [7, 11) is -0.423. The van der Waals surface area contributed by atoms with Crippen molar-refractivity contribution < 1.29 is 0 Å². The zero-order valence-corrected chi connectivity index (χ0v) is 6.95. The molecule has 0 atom stereocenters. The molecule has 0 aliphatic carbocycles. The first-order chi connectivity index (χ1) is 3.50. The summed E-state index contributed by atoms with van der Waals surface area (Å²) >= 11 is 0. The van der Waals surface area contributed by atoms with E-state index in [0.717, 1.165) is 0 Å². The van der Waals surface area contributed by atoms with Crippen LogP contribution < -0.4 is 0 Å². The number of nitrogens with zero attached hydrogens (tertiary/aromatic N) is 1. The largest absolute Gasteiger partial charge is 0.198 e. The fraction of sp³-hybridized carbons (Fsp3) is 0.833. The zero-order chi connectivity index (χ0) is 6.78. The predicted molar refractivity (Wildman–Crippen MR) is 37.1 cm³/mol. The van der Waals surface area contributed by atoms with Crippen molar-refractivity contribution in [2.24, 2.45) is 0 Å². The molecule has 0 saturated heterocycles. The molecule has 0 fully saturated rings. The van der Waals surface area contributed by atoms with Crippen molar-refractivity contribution in [3.05, 3.63) is 0 Å². The molecule has 0 aliphatic rings. The number of nitriles is 1. The van der Waals surface area contributed by atoms with Gasteiger partial charge in [-0.1, -0.05) is 13.1 Å². The van der Waals surface area contributed by atoms with Crippen LogP contribution in [0.1, 0.15) is 13.8 Å². The van der Waals surface area contributed by atoms with Gasteiger partial charge in [-0.2, -0.15) is 5.26 Å². The monoisotopic (exact) mass is 126 g/mol. The second kappa shape index (κ2) is 2.32. The Hall–Kier alpha value is -0.293. The maximum atomic E-state index is 8.54. The van der Waals surface area contributed by atoms with Crippen molar-refractivity contribution in [1.29, 1.82) is 5.26 Å². The van der Waals surface area contributed by atoms with E-state index in [4.69, 9.17) is 5.26 Å². The Bertz CT molecular complexity index is 110. The quantitative estimate of drug-likeness (QED) is 0.493. The molecule has 0 amide bonds. The van der Waals surface area contributed by atoms with E-state index >= 15 is 0 Å². The Labute approximate surface area is 52.9 Å². The van der Waals surface area contributed by atoms with E-state index in [2.05, 4.69) is 19.2 Å². The third-order valence-corrected chi connectivity index (χ3v) is 4.14. The predicted octanol–water partition coefficient (Wildman–Crippen LogP) is 2.04. The van der Waals surface area contributed by atoms with Crippen LogP contribution in [-0.2, 0) is 0 Å². The molecule has 0 unspecified atom stereocenters. The molecule has 0 heterocycles. The summed E-state index contributed by atoms with van der Waals surface area (Å²) in [5.41, 5.74) is 0. The molecule has 0 spiro atoms. The normalized spacial score (nSPS) is 11.5. The van der Waals surface area contributed by atoms with E-state index in [1.54, 1.807) is 0 Å². The Morgan fingerprint density at radius 1 is 1.38 bits per heavy atom. The Morgan fingerprint density at radius 3 is 1.75 bits per heavy atom. The first-order valence-electron chi connectivity index (χ1n) is 2.72. The van der Waals surface area contributed by atoms with Crippen LogP contribution in [0.2, 0.25) is 18.1 Å². The minimum absolute atomic E-state index is 0.0509. The van der Waals surface area contributed by atoms with Gasteiger partial charge in [-0.05, 0) is 13.8 Å². The van der Waals surface area contributed by atoms with Gasteiger partial charge in [0.1, 0.15) is 0 Å². The maximum absolute atomic E-state index is 8.54. The molecule has 8 heavy (non-hydrogen) atoms. The highest BCUT2D eigenvalue weighted by Crippen LogP contribution is 2.25. The standard InChI is InChI=1S/C6H12NSi/c1-6(2,5-7)8(3)4/h1-4H3. The molecule has 0 aromatic heterocycles. The molecule has 0 N–H and O–H groups in total. The van der Waals surface area contributed by atoms with Gasteiger partial charge in [0.25, 0.3) is 0 Å². The van der Waals surface area contributed by atoms with Gasteiger partial charge in [-0.25, -0.2) is 0 Å². The van der Waals surface area contributed by atoms with Gasteiger partial charge in [0.05, 0.1) is 14.9 Å². The maximum Gasteiger partial charge on any atom is 0.0660 e. The molecule has 0 rings (SSSR count). The van der Waals surface area contributed by atoms with Crippen LogP contribution >= 0.6 is 0 Å². The summed E-state index contributed by atoms with van der Waals surface area (Å²) in [5.74, 6) is 0. The molecule has 0 aromatic carbocycles. The molecule has 0 saturated carbocycles. The van der Waals surface area contributed by atoms with E-state index in [1.807, 2.05) is 13.8 Å². The van der Waals surface area contributed by atoms with E-state index < -0.39 is 8.80 Å². The highest BCUT2D eigenvalue weighted by molar-refractivity contribution is 6.60. The molecular weight excluding hydrogens is 114 g/mol.